The monoisotopic (exact) mass is 222 g/mol. The molecule has 0 saturated heterocycles. The first-order valence-corrected chi connectivity index (χ1v) is 6.95. The van der Waals surface area contributed by atoms with Gasteiger partial charge < -0.3 is 5.11 Å². The van der Waals surface area contributed by atoms with Gasteiger partial charge in [0.1, 0.15) is 0 Å². The molecule has 0 amide bonds. The van der Waals surface area contributed by atoms with E-state index < -0.39 is 0 Å². The van der Waals surface area contributed by atoms with Crippen molar-refractivity contribution in [2.75, 3.05) is 0 Å². The summed E-state index contributed by atoms with van der Waals surface area (Å²) in [4.78, 5) is 0. The molecule has 92 valence electrons. The zero-order valence-electron chi connectivity index (χ0n) is 11.0. The van der Waals surface area contributed by atoms with Crippen molar-refractivity contribution in [1.29, 1.82) is 0 Å². The summed E-state index contributed by atoms with van der Waals surface area (Å²) in [6.07, 6.45) is 9.35. The van der Waals surface area contributed by atoms with E-state index in [2.05, 4.69) is 26.8 Å². The third kappa shape index (κ3) is 1.95. The maximum Gasteiger partial charge on any atom is 0.0577 e. The van der Waals surface area contributed by atoms with Gasteiger partial charge >= 0.3 is 0 Å². The van der Waals surface area contributed by atoms with Crippen LogP contribution < -0.4 is 0 Å². The summed E-state index contributed by atoms with van der Waals surface area (Å²) < 4.78 is 0. The molecule has 0 aliphatic heterocycles. The summed E-state index contributed by atoms with van der Waals surface area (Å²) in [6.45, 7) is 7.15. The summed E-state index contributed by atoms with van der Waals surface area (Å²) in [5.74, 6) is 1.66. The van der Waals surface area contributed by atoms with Gasteiger partial charge in [-0.2, -0.15) is 0 Å². The van der Waals surface area contributed by atoms with Gasteiger partial charge in [0.05, 0.1) is 6.10 Å². The van der Waals surface area contributed by atoms with Crippen molar-refractivity contribution < 1.29 is 5.11 Å². The highest BCUT2D eigenvalue weighted by Gasteiger charge is 2.44. The lowest BCUT2D eigenvalue weighted by Crippen LogP contribution is -2.41. The number of aliphatic hydroxyl groups excluding tert-OH is 1. The van der Waals surface area contributed by atoms with E-state index in [9.17, 15) is 5.11 Å². The smallest absolute Gasteiger partial charge is 0.0577 e. The van der Waals surface area contributed by atoms with Crippen molar-refractivity contribution in [2.45, 2.75) is 65.4 Å². The summed E-state index contributed by atoms with van der Waals surface area (Å²) in [6, 6.07) is 0. The second kappa shape index (κ2) is 4.52. The van der Waals surface area contributed by atoms with Crippen molar-refractivity contribution in [3.8, 4) is 0 Å². The maximum atomic E-state index is 9.80. The molecule has 1 fully saturated rings. The van der Waals surface area contributed by atoms with Gasteiger partial charge in [0, 0.05) is 0 Å². The van der Waals surface area contributed by atoms with Crippen LogP contribution in [0.1, 0.15) is 59.3 Å². The summed E-state index contributed by atoms with van der Waals surface area (Å²) in [7, 11) is 0. The number of aliphatic hydroxyl groups is 1. The normalized spacial score (nSPS) is 43.8. The highest BCUT2D eigenvalue weighted by atomic mass is 16.3. The molecule has 2 aliphatic rings. The molecule has 1 saturated carbocycles. The molecule has 0 radical (unpaired) electrons. The van der Waals surface area contributed by atoms with E-state index in [1.165, 1.54) is 25.7 Å². The predicted molar refractivity (Wildman–Crippen MR) is 68.2 cm³/mol. The van der Waals surface area contributed by atoms with Crippen molar-refractivity contribution in [3.05, 3.63) is 11.6 Å². The van der Waals surface area contributed by atoms with E-state index in [0.29, 0.717) is 5.41 Å². The third-order valence-electron chi connectivity index (χ3n) is 5.03. The third-order valence-corrected chi connectivity index (χ3v) is 5.03. The molecule has 1 N–H and O–H groups in total. The van der Waals surface area contributed by atoms with Crippen molar-refractivity contribution in [3.63, 3.8) is 0 Å². The molecule has 0 bridgehead atoms. The molecule has 2 aliphatic carbocycles. The quantitative estimate of drug-likeness (QED) is 0.702. The van der Waals surface area contributed by atoms with Crippen molar-refractivity contribution in [2.24, 2.45) is 17.3 Å². The fourth-order valence-electron chi connectivity index (χ4n) is 3.99. The van der Waals surface area contributed by atoms with Crippen molar-refractivity contribution in [1.82, 2.24) is 0 Å². The molecule has 0 heterocycles. The van der Waals surface area contributed by atoms with E-state index in [1.807, 2.05) is 0 Å². The summed E-state index contributed by atoms with van der Waals surface area (Å²) in [5.41, 5.74) is 1.95. The minimum Gasteiger partial charge on any atom is -0.393 e. The zero-order chi connectivity index (χ0) is 11.8. The fraction of sp³-hybridized carbons (Fsp3) is 0.867. The van der Waals surface area contributed by atoms with E-state index in [-0.39, 0.29) is 6.10 Å². The molecular formula is C15H26O. The number of fused-ring (bicyclic) bond motifs is 1. The Balaban J connectivity index is 2.24. The Morgan fingerprint density at radius 2 is 2.25 bits per heavy atom. The first kappa shape index (κ1) is 12.2. The Morgan fingerprint density at radius 1 is 1.50 bits per heavy atom. The summed E-state index contributed by atoms with van der Waals surface area (Å²) in [5, 5.41) is 9.80. The number of allylic oxidation sites excluding steroid dienone is 1. The minimum atomic E-state index is -0.0741. The molecule has 0 aromatic carbocycles. The molecule has 2 rings (SSSR count). The standard InChI is InChI=1S/C15H26O/c1-4-5-14-11(2)6-7-12-10-13(16)8-9-15(12,14)3/h7,11,13-14,16H,4-6,8-10H2,1-3H3. The second-order valence-electron chi connectivity index (χ2n) is 6.15. The molecular weight excluding hydrogens is 196 g/mol. The average Bonchev–Trinajstić information content (AvgIpc) is 2.25. The van der Waals surface area contributed by atoms with E-state index in [0.717, 1.165) is 24.7 Å². The second-order valence-corrected chi connectivity index (χ2v) is 6.15. The van der Waals surface area contributed by atoms with Gasteiger partial charge in [-0.15, -0.1) is 0 Å². The highest BCUT2D eigenvalue weighted by molar-refractivity contribution is 5.22. The van der Waals surface area contributed by atoms with Crippen LogP contribution in [0.3, 0.4) is 0 Å². The molecule has 4 atom stereocenters. The molecule has 1 heteroatoms. The number of hydrogen-bond donors (Lipinski definition) is 1. The van der Waals surface area contributed by atoms with Crippen LogP contribution in [0.2, 0.25) is 0 Å². The van der Waals surface area contributed by atoms with E-state index in [4.69, 9.17) is 0 Å². The topological polar surface area (TPSA) is 20.2 Å². The van der Waals surface area contributed by atoms with Crippen LogP contribution in [-0.4, -0.2) is 11.2 Å². The lowest BCUT2D eigenvalue weighted by Gasteiger charge is -2.49. The SMILES string of the molecule is CCCC1C(C)CC=C2CC(O)CCC21C. The molecule has 0 aromatic rings. The van der Waals surface area contributed by atoms with Crippen LogP contribution in [0.25, 0.3) is 0 Å². The Hall–Kier alpha value is -0.300. The predicted octanol–water partition coefficient (Wildman–Crippen LogP) is 3.92. The minimum absolute atomic E-state index is 0.0741. The number of rotatable bonds is 2. The van der Waals surface area contributed by atoms with Crippen molar-refractivity contribution >= 4 is 0 Å². The number of hydrogen-bond acceptors (Lipinski definition) is 1. The van der Waals surface area contributed by atoms with Crippen LogP contribution in [0, 0.1) is 17.3 Å². The fourth-order valence-corrected chi connectivity index (χ4v) is 3.99. The zero-order valence-corrected chi connectivity index (χ0v) is 11.0. The molecule has 4 unspecified atom stereocenters. The Morgan fingerprint density at radius 3 is 2.94 bits per heavy atom. The Kier molecular flexibility index (Phi) is 3.44. The molecule has 1 nitrogen and oxygen atoms in total. The van der Waals surface area contributed by atoms with E-state index >= 15 is 0 Å². The van der Waals surface area contributed by atoms with Gasteiger partial charge in [-0.05, 0) is 49.4 Å². The van der Waals surface area contributed by atoms with Gasteiger partial charge in [-0.25, -0.2) is 0 Å². The molecule has 0 spiro atoms. The lowest BCUT2D eigenvalue weighted by molar-refractivity contribution is 0.0512. The van der Waals surface area contributed by atoms with Crippen LogP contribution in [0.5, 0.6) is 0 Å². The van der Waals surface area contributed by atoms with Gasteiger partial charge in [-0.1, -0.05) is 38.8 Å². The Labute approximate surface area is 99.9 Å². The van der Waals surface area contributed by atoms with Gasteiger partial charge in [-0.3, -0.25) is 0 Å². The van der Waals surface area contributed by atoms with Crippen LogP contribution in [-0.2, 0) is 0 Å². The molecule has 0 aromatic heterocycles. The van der Waals surface area contributed by atoms with Crippen LogP contribution in [0.4, 0.5) is 0 Å². The first-order chi connectivity index (χ1) is 7.58. The van der Waals surface area contributed by atoms with Crippen LogP contribution >= 0.6 is 0 Å². The first-order valence-electron chi connectivity index (χ1n) is 6.95. The van der Waals surface area contributed by atoms with Gasteiger partial charge in [0.15, 0.2) is 0 Å². The van der Waals surface area contributed by atoms with Crippen LogP contribution in [0.15, 0.2) is 11.6 Å². The average molecular weight is 222 g/mol. The molecule has 16 heavy (non-hydrogen) atoms. The maximum absolute atomic E-state index is 9.80. The Bertz CT molecular complexity index is 281. The van der Waals surface area contributed by atoms with Gasteiger partial charge in [0.2, 0.25) is 0 Å². The largest absolute Gasteiger partial charge is 0.393 e. The van der Waals surface area contributed by atoms with Gasteiger partial charge in [0.25, 0.3) is 0 Å². The highest BCUT2D eigenvalue weighted by Crippen LogP contribution is 2.53. The van der Waals surface area contributed by atoms with E-state index in [1.54, 1.807) is 5.57 Å². The summed E-state index contributed by atoms with van der Waals surface area (Å²) >= 11 is 0. The lowest BCUT2D eigenvalue weighted by atomic mass is 9.56.